The minimum Gasteiger partial charge on any atom is -0.326 e. The second-order valence-electron chi connectivity index (χ2n) is 5.60. The highest BCUT2D eigenvalue weighted by atomic mass is 16.1. The third-order valence-corrected chi connectivity index (χ3v) is 2.35. The molecule has 2 nitrogen and oxygen atoms in total. The van der Waals surface area contributed by atoms with Gasteiger partial charge >= 0.3 is 0 Å². The Bertz CT molecular complexity index is 388. The molecule has 0 saturated heterocycles. The largest absolute Gasteiger partial charge is 0.326 e. The zero-order valence-electron chi connectivity index (χ0n) is 10.8. The van der Waals surface area contributed by atoms with E-state index < -0.39 is 0 Å². The zero-order chi connectivity index (χ0) is 12.3. The van der Waals surface area contributed by atoms with Crippen molar-refractivity contribution in [3.05, 3.63) is 29.3 Å². The summed E-state index contributed by atoms with van der Waals surface area (Å²) in [6.45, 7) is 10.3. The van der Waals surface area contributed by atoms with Crippen molar-refractivity contribution in [3.8, 4) is 0 Å². The molecule has 0 saturated carbocycles. The number of carbonyl (C=O) groups is 1. The first kappa shape index (κ1) is 12.8. The van der Waals surface area contributed by atoms with Crippen molar-refractivity contribution in [1.29, 1.82) is 0 Å². The van der Waals surface area contributed by atoms with E-state index >= 15 is 0 Å². The van der Waals surface area contributed by atoms with Crippen LogP contribution in [0.2, 0.25) is 0 Å². The average molecular weight is 219 g/mol. The van der Waals surface area contributed by atoms with Crippen LogP contribution in [0.1, 0.15) is 38.3 Å². The molecule has 0 atom stereocenters. The summed E-state index contributed by atoms with van der Waals surface area (Å²) in [5, 5.41) is 2.96. The van der Waals surface area contributed by atoms with Gasteiger partial charge < -0.3 is 5.32 Å². The number of hydrogen-bond acceptors (Lipinski definition) is 1. The van der Waals surface area contributed by atoms with Crippen molar-refractivity contribution in [2.24, 2.45) is 5.41 Å². The van der Waals surface area contributed by atoms with Crippen LogP contribution >= 0.6 is 0 Å². The molecule has 88 valence electrons. The lowest BCUT2D eigenvalue weighted by atomic mass is 9.92. The van der Waals surface area contributed by atoms with Crippen molar-refractivity contribution in [3.63, 3.8) is 0 Å². The molecule has 1 aromatic carbocycles. The third kappa shape index (κ3) is 4.05. The topological polar surface area (TPSA) is 29.1 Å². The third-order valence-electron chi connectivity index (χ3n) is 2.35. The fourth-order valence-corrected chi connectivity index (χ4v) is 1.63. The maximum Gasteiger partial charge on any atom is 0.224 e. The highest BCUT2D eigenvalue weighted by Gasteiger charge is 2.16. The van der Waals surface area contributed by atoms with E-state index in [0.29, 0.717) is 6.42 Å². The van der Waals surface area contributed by atoms with Gasteiger partial charge in [0.15, 0.2) is 0 Å². The Labute approximate surface area is 98.1 Å². The fourth-order valence-electron chi connectivity index (χ4n) is 1.63. The number of amides is 1. The van der Waals surface area contributed by atoms with E-state index in [0.717, 1.165) is 11.3 Å². The molecule has 1 aromatic rings. The Morgan fingerprint density at radius 3 is 2.38 bits per heavy atom. The molecule has 1 rings (SSSR count). The number of aryl methyl sites for hydroxylation is 2. The van der Waals surface area contributed by atoms with Gasteiger partial charge in [-0.05, 0) is 30.9 Å². The first-order valence-electron chi connectivity index (χ1n) is 5.65. The standard InChI is InChI=1S/C14H21NO/c1-10-6-7-12(11(2)8-10)15-13(16)9-14(3,4)5/h6-8H,9H2,1-5H3,(H,15,16). The van der Waals surface area contributed by atoms with Gasteiger partial charge in [-0.3, -0.25) is 4.79 Å². The van der Waals surface area contributed by atoms with Crippen LogP contribution in [0, 0.1) is 19.3 Å². The molecule has 0 fully saturated rings. The van der Waals surface area contributed by atoms with Gasteiger partial charge in [-0.15, -0.1) is 0 Å². The fraction of sp³-hybridized carbons (Fsp3) is 0.500. The van der Waals surface area contributed by atoms with Crippen LogP contribution in [0.25, 0.3) is 0 Å². The Kier molecular flexibility index (Phi) is 3.74. The van der Waals surface area contributed by atoms with Crippen LogP contribution in [0.4, 0.5) is 5.69 Å². The van der Waals surface area contributed by atoms with Gasteiger partial charge in [0.1, 0.15) is 0 Å². The Morgan fingerprint density at radius 1 is 1.25 bits per heavy atom. The molecular formula is C14H21NO. The molecule has 0 bridgehead atoms. The number of carbonyl (C=O) groups excluding carboxylic acids is 1. The van der Waals surface area contributed by atoms with E-state index in [2.05, 4.69) is 32.2 Å². The summed E-state index contributed by atoms with van der Waals surface area (Å²) in [7, 11) is 0. The molecule has 0 aliphatic carbocycles. The predicted molar refractivity (Wildman–Crippen MR) is 68.6 cm³/mol. The SMILES string of the molecule is Cc1ccc(NC(=O)CC(C)(C)C)c(C)c1. The van der Waals surface area contributed by atoms with E-state index in [1.54, 1.807) is 0 Å². The van der Waals surface area contributed by atoms with Gasteiger partial charge in [0.25, 0.3) is 0 Å². The smallest absolute Gasteiger partial charge is 0.224 e. The van der Waals surface area contributed by atoms with Crippen molar-refractivity contribution in [1.82, 2.24) is 0 Å². The van der Waals surface area contributed by atoms with Crippen molar-refractivity contribution in [2.75, 3.05) is 5.32 Å². The predicted octanol–water partition coefficient (Wildman–Crippen LogP) is 3.68. The maximum absolute atomic E-state index is 11.8. The van der Waals surface area contributed by atoms with Crippen LogP contribution in [-0.2, 0) is 4.79 Å². The molecule has 0 radical (unpaired) electrons. The molecule has 0 spiro atoms. The molecule has 0 unspecified atom stereocenters. The average Bonchev–Trinajstić information content (AvgIpc) is 2.06. The lowest BCUT2D eigenvalue weighted by Gasteiger charge is -2.18. The number of rotatable bonds is 2. The zero-order valence-corrected chi connectivity index (χ0v) is 10.8. The lowest BCUT2D eigenvalue weighted by molar-refractivity contribution is -0.117. The van der Waals surface area contributed by atoms with Crippen LogP contribution in [0.3, 0.4) is 0 Å². The quantitative estimate of drug-likeness (QED) is 0.807. The molecule has 1 N–H and O–H groups in total. The van der Waals surface area contributed by atoms with Crippen LogP contribution < -0.4 is 5.32 Å². The van der Waals surface area contributed by atoms with E-state index in [1.807, 2.05) is 26.0 Å². The summed E-state index contributed by atoms with van der Waals surface area (Å²) in [6.07, 6.45) is 0.542. The van der Waals surface area contributed by atoms with Gasteiger partial charge in [-0.25, -0.2) is 0 Å². The molecule has 0 heterocycles. The molecule has 0 aliphatic rings. The molecule has 16 heavy (non-hydrogen) atoms. The van der Waals surface area contributed by atoms with E-state index in [4.69, 9.17) is 0 Å². The summed E-state index contributed by atoms with van der Waals surface area (Å²) >= 11 is 0. The normalized spacial score (nSPS) is 11.3. The number of anilines is 1. The molecule has 2 heteroatoms. The van der Waals surface area contributed by atoms with Gasteiger partial charge in [0, 0.05) is 12.1 Å². The number of benzene rings is 1. The first-order chi connectivity index (χ1) is 7.28. The van der Waals surface area contributed by atoms with Crippen LogP contribution in [0.15, 0.2) is 18.2 Å². The summed E-state index contributed by atoms with van der Waals surface area (Å²) < 4.78 is 0. The summed E-state index contributed by atoms with van der Waals surface area (Å²) in [6, 6.07) is 6.05. The van der Waals surface area contributed by atoms with E-state index in [-0.39, 0.29) is 11.3 Å². The first-order valence-corrected chi connectivity index (χ1v) is 5.65. The van der Waals surface area contributed by atoms with Gasteiger partial charge in [0.2, 0.25) is 5.91 Å². The highest BCUT2D eigenvalue weighted by molar-refractivity contribution is 5.91. The molecule has 1 amide bonds. The van der Waals surface area contributed by atoms with Crippen LogP contribution in [0.5, 0.6) is 0 Å². The monoisotopic (exact) mass is 219 g/mol. The van der Waals surface area contributed by atoms with Gasteiger partial charge in [0.05, 0.1) is 0 Å². The van der Waals surface area contributed by atoms with Crippen molar-refractivity contribution >= 4 is 11.6 Å². The van der Waals surface area contributed by atoms with Gasteiger partial charge in [-0.1, -0.05) is 38.5 Å². The summed E-state index contributed by atoms with van der Waals surface area (Å²) in [4.78, 5) is 11.8. The Hall–Kier alpha value is -1.31. The van der Waals surface area contributed by atoms with E-state index in [1.165, 1.54) is 5.56 Å². The molecule has 0 aromatic heterocycles. The number of hydrogen-bond donors (Lipinski definition) is 1. The maximum atomic E-state index is 11.8. The lowest BCUT2D eigenvalue weighted by Crippen LogP contribution is -2.20. The Morgan fingerprint density at radius 2 is 1.88 bits per heavy atom. The molecular weight excluding hydrogens is 198 g/mol. The summed E-state index contributed by atoms with van der Waals surface area (Å²) in [5.74, 6) is 0.0828. The minimum absolute atomic E-state index is 0.0304. The minimum atomic E-state index is 0.0304. The van der Waals surface area contributed by atoms with Crippen molar-refractivity contribution in [2.45, 2.75) is 41.0 Å². The summed E-state index contributed by atoms with van der Waals surface area (Å²) in [5.41, 5.74) is 3.27. The second-order valence-corrected chi connectivity index (χ2v) is 5.60. The highest BCUT2D eigenvalue weighted by Crippen LogP contribution is 2.21. The molecule has 0 aliphatic heterocycles. The number of nitrogens with one attached hydrogen (secondary N) is 1. The van der Waals surface area contributed by atoms with Crippen molar-refractivity contribution < 1.29 is 4.79 Å². The Balaban J connectivity index is 2.70. The van der Waals surface area contributed by atoms with Gasteiger partial charge in [-0.2, -0.15) is 0 Å². The second kappa shape index (κ2) is 4.69. The van der Waals surface area contributed by atoms with Crippen LogP contribution in [-0.4, -0.2) is 5.91 Å². The van der Waals surface area contributed by atoms with E-state index in [9.17, 15) is 4.79 Å².